The van der Waals surface area contributed by atoms with Gasteiger partial charge in [-0.1, -0.05) is 11.8 Å². The van der Waals surface area contributed by atoms with E-state index in [0.717, 1.165) is 78.5 Å². The van der Waals surface area contributed by atoms with Gasteiger partial charge in [-0.25, -0.2) is 15.0 Å². The van der Waals surface area contributed by atoms with Gasteiger partial charge in [0, 0.05) is 51.5 Å². The van der Waals surface area contributed by atoms with Crippen LogP contribution in [0.25, 0.3) is 0 Å². The Morgan fingerprint density at radius 1 is 1.22 bits per heavy atom. The van der Waals surface area contributed by atoms with Crippen molar-refractivity contribution >= 4 is 23.4 Å². The van der Waals surface area contributed by atoms with Gasteiger partial charge < -0.3 is 34.5 Å². The number of methoxy groups -OCH3 is 2. The number of pyridine rings is 1. The van der Waals surface area contributed by atoms with Gasteiger partial charge in [0.2, 0.25) is 0 Å². The highest BCUT2D eigenvalue weighted by Crippen LogP contribution is 2.45. The second kappa shape index (κ2) is 10.2. The molecule has 0 unspecified atom stereocenters. The minimum Gasteiger partial charge on any atom is -0.486 e. The molecule has 2 aromatic heterocycles. The average molecular weight is 529 g/mol. The van der Waals surface area contributed by atoms with Crippen molar-refractivity contribution in [1.29, 1.82) is 0 Å². The van der Waals surface area contributed by atoms with Crippen LogP contribution in [-0.4, -0.2) is 86.3 Å². The molecule has 0 aliphatic carbocycles. The molecule has 6 heterocycles. The summed E-state index contributed by atoms with van der Waals surface area (Å²) in [6, 6.07) is 2.37. The Labute approximate surface area is 222 Å². The Balaban J connectivity index is 1.20. The van der Waals surface area contributed by atoms with E-state index in [-0.39, 0.29) is 23.7 Å². The first-order valence-electron chi connectivity index (χ1n) is 13.1. The standard InChI is InChI=1S/C26H36N6O4S/c1-16-23(27)26(15-36-16)5-8-31(9-6-26)24-19(14-33-2)30-21(11-29-24)37-20-4-7-28-25-22(20)35-13-17-10-18(34-3)12-32(17)25/h4,7,11,16-18,23H,5-6,8-10,12-15,27H2,1-3H3/t16-,17-,18-,23+/m0/s1. The third-order valence-electron chi connectivity index (χ3n) is 8.45. The summed E-state index contributed by atoms with van der Waals surface area (Å²) in [5.74, 6) is 2.58. The number of anilines is 2. The van der Waals surface area contributed by atoms with E-state index in [0.29, 0.717) is 19.3 Å². The normalized spacial score (nSPS) is 28.3. The molecule has 0 radical (unpaired) electrons. The lowest BCUT2D eigenvalue weighted by molar-refractivity contribution is 0.0973. The van der Waals surface area contributed by atoms with Crippen molar-refractivity contribution in [2.45, 2.75) is 67.0 Å². The molecule has 2 aromatic rings. The van der Waals surface area contributed by atoms with E-state index in [1.165, 1.54) is 0 Å². The van der Waals surface area contributed by atoms with Gasteiger partial charge in [0.15, 0.2) is 17.4 Å². The van der Waals surface area contributed by atoms with Crippen molar-refractivity contribution in [2.75, 3.05) is 56.9 Å². The Hall–Kier alpha value is -2.18. The Kier molecular flexibility index (Phi) is 6.91. The second-order valence-electron chi connectivity index (χ2n) is 10.6. The number of aromatic nitrogens is 3. The number of nitrogens with two attached hydrogens (primary N) is 1. The predicted octanol–water partition coefficient (Wildman–Crippen LogP) is 2.49. The molecule has 0 saturated carbocycles. The lowest BCUT2D eigenvalue weighted by atomic mass is 9.73. The molecule has 3 saturated heterocycles. The van der Waals surface area contributed by atoms with E-state index in [4.69, 9.17) is 34.6 Å². The third kappa shape index (κ3) is 4.54. The van der Waals surface area contributed by atoms with E-state index >= 15 is 0 Å². The van der Waals surface area contributed by atoms with Gasteiger partial charge in [0.25, 0.3) is 0 Å². The molecule has 37 heavy (non-hydrogen) atoms. The Morgan fingerprint density at radius 2 is 2.05 bits per heavy atom. The summed E-state index contributed by atoms with van der Waals surface area (Å²) in [5, 5.41) is 0.805. The fourth-order valence-corrected chi connectivity index (χ4v) is 7.04. The second-order valence-corrected chi connectivity index (χ2v) is 11.6. The minimum atomic E-state index is 0.0681. The van der Waals surface area contributed by atoms with Gasteiger partial charge >= 0.3 is 0 Å². The van der Waals surface area contributed by atoms with Crippen molar-refractivity contribution in [3.8, 4) is 5.75 Å². The molecule has 3 fully saturated rings. The highest BCUT2D eigenvalue weighted by molar-refractivity contribution is 7.99. The predicted molar refractivity (Wildman–Crippen MR) is 140 cm³/mol. The summed E-state index contributed by atoms with van der Waals surface area (Å²) in [6.07, 6.45) is 6.96. The van der Waals surface area contributed by atoms with E-state index in [9.17, 15) is 0 Å². The molecule has 6 rings (SSSR count). The number of fused-ring (bicyclic) bond motifs is 3. The molecule has 0 bridgehead atoms. The topological polar surface area (TPSA) is 108 Å². The summed E-state index contributed by atoms with van der Waals surface area (Å²) in [5.41, 5.74) is 7.43. The van der Waals surface area contributed by atoms with Crippen LogP contribution >= 0.6 is 11.8 Å². The molecular weight excluding hydrogens is 492 g/mol. The Bertz CT molecular complexity index is 1130. The van der Waals surface area contributed by atoms with Crippen LogP contribution in [0.2, 0.25) is 0 Å². The van der Waals surface area contributed by atoms with Crippen molar-refractivity contribution in [2.24, 2.45) is 11.1 Å². The molecule has 4 aliphatic heterocycles. The van der Waals surface area contributed by atoms with Crippen LogP contribution in [0.1, 0.15) is 31.9 Å². The van der Waals surface area contributed by atoms with Gasteiger partial charge in [0.05, 0.1) is 42.6 Å². The molecule has 10 nitrogen and oxygen atoms in total. The highest BCUT2D eigenvalue weighted by atomic mass is 32.2. The molecule has 0 aromatic carbocycles. The zero-order valence-electron chi connectivity index (χ0n) is 21.8. The molecule has 2 N–H and O–H groups in total. The van der Waals surface area contributed by atoms with Crippen LogP contribution in [-0.2, 0) is 20.8 Å². The fraction of sp³-hybridized carbons (Fsp3) is 0.654. The van der Waals surface area contributed by atoms with Crippen LogP contribution in [0, 0.1) is 5.41 Å². The van der Waals surface area contributed by atoms with Crippen molar-refractivity contribution in [3.63, 3.8) is 0 Å². The van der Waals surface area contributed by atoms with Crippen molar-refractivity contribution in [1.82, 2.24) is 15.0 Å². The van der Waals surface area contributed by atoms with Crippen LogP contribution in [0.4, 0.5) is 11.6 Å². The lowest BCUT2D eigenvalue weighted by Gasteiger charge is -2.41. The maximum Gasteiger partial charge on any atom is 0.175 e. The highest BCUT2D eigenvalue weighted by Gasteiger charge is 2.48. The first-order valence-corrected chi connectivity index (χ1v) is 13.9. The smallest absolute Gasteiger partial charge is 0.175 e. The quantitative estimate of drug-likeness (QED) is 0.597. The SMILES string of the molecule is COCc1nc(Sc2ccnc3c2OC[C@@H]2C[C@H](OC)CN32)cnc1N1CCC2(CC1)CO[C@@H](C)[C@H]2N. The largest absolute Gasteiger partial charge is 0.486 e. The van der Waals surface area contributed by atoms with Gasteiger partial charge in [-0.05, 0) is 32.3 Å². The monoisotopic (exact) mass is 528 g/mol. The van der Waals surface area contributed by atoms with Gasteiger partial charge in [-0.2, -0.15) is 0 Å². The number of hydrogen-bond donors (Lipinski definition) is 1. The minimum absolute atomic E-state index is 0.0681. The maximum absolute atomic E-state index is 6.52. The molecule has 4 aliphatic rings. The fourth-order valence-electron chi connectivity index (χ4n) is 6.18. The van der Waals surface area contributed by atoms with Crippen LogP contribution < -0.4 is 20.3 Å². The zero-order valence-corrected chi connectivity index (χ0v) is 22.6. The average Bonchev–Trinajstić information content (AvgIpc) is 3.47. The molecule has 200 valence electrons. The number of ether oxygens (including phenoxy) is 4. The number of nitrogens with zero attached hydrogens (tertiary/aromatic N) is 5. The van der Waals surface area contributed by atoms with Crippen LogP contribution in [0.5, 0.6) is 5.75 Å². The number of piperidine rings is 1. The van der Waals surface area contributed by atoms with Gasteiger partial charge in [-0.15, -0.1) is 0 Å². The molecule has 1 spiro atoms. The number of hydrogen-bond acceptors (Lipinski definition) is 11. The molecule has 4 atom stereocenters. The van der Waals surface area contributed by atoms with Crippen LogP contribution in [0.15, 0.2) is 28.4 Å². The maximum atomic E-state index is 6.52. The number of rotatable bonds is 6. The zero-order chi connectivity index (χ0) is 25.6. The first-order chi connectivity index (χ1) is 18.0. The van der Waals surface area contributed by atoms with E-state index < -0.39 is 0 Å². The van der Waals surface area contributed by atoms with Crippen molar-refractivity contribution in [3.05, 3.63) is 24.2 Å². The van der Waals surface area contributed by atoms with Crippen LogP contribution in [0.3, 0.4) is 0 Å². The molecule has 0 amide bonds. The lowest BCUT2D eigenvalue weighted by Crippen LogP contribution is -2.51. The summed E-state index contributed by atoms with van der Waals surface area (Å²) in [6.45, 7) is 6.46. The summed E-state index contributed by atoms with van der Waals surface area (Å²) < 4.78 is 23.2. The van der Waals surface area contributed by atoms with Gasteiger partial charge in [-0.3, -0.25) is 0 Å². The van der Waals surface area contributed by atoms with E-state index in [1.807, 2.05) is 18.5 Å². The summed E-state index contributed by atoms with van der Waals surface area (Å²) in [7, 11) is 3.46. The molecular formula is C26H36N6O4S. The van der Waals surface area contributed by atoms with E-state index in [2.05, 4.69) is 21.7 Å². The summed E-state index contributed by atoms with van der Waals surface area (Å²) >= 11 is 1.55. The molecule has 11 heteroatoms. The van der Waals surface area contributed by atoms with E-state index in [1.54, 1.807) is 26.0 Å². The summed E-state index contributed by atoms with van der Waals surface area (Å²) in [4.78, 5) is 20.1. The third-order valence-corrected chi connectivity index (χ3v) is 9.40. The van der Waals surface area contributed by atoms with Crippen molar-refractivity contribution < 1.29 is 18.9 Å². The Morgan fingerprint density at radius 3 is 2.78 bits per heavy atom. The first kappa shape index (κ1) is 25.1. The van der Waals surface area contributed by atoms with Gasteiger partial charge in [0.1, 0.15) is 17.3 Å².